The highest BCUT2D eigenvalue weighted by atomic mass is 16.1. The molecule has 1 aromatic heterocycles. The number of carbonyl (C=O) groups excluding carboxylic acids is 1. The van der Waals surface area contributed by atoms with Gasteiger partial charge in [0.2, 0.25) is 0 Å². The number of piperazine rings is 1. The van der Waals surface area contributed by atoms with Crippen molar-refractivity contribution in [3.05, 3.63) is 54.2 Å². The van der Waals surface area contributed by atoms with Crippen molar-refractivity contribution in [2.45, 2.75) is 0 Å². The van der Waals surface area contributed by atoms with Crippen molar-refractivity contribution in [1.82, 2.24) is 15.2 Å². The fourth-order valence-corrected chi connectivity index (χ4v) is 3.20. The van der Waals surface area contributed by atoms with Crippen LogP contribution in [0.25, 0.3) is 21.7 Å². The number of carbonyl (C=O) groups is 1. The maximum atomic E-state index is 12.6. The van der Waals surface area contributed by atoms with Crippen LogP contribution in [0.4, 0.5) is 0 Å². The summed E-state index contributed by atoms with van der Waals surface area (Å²) in [6.45, 7) is 4.23. The minimum Gasteiger partial charge on any atom is -0.314 e. The standard InChI is InChI=1S/C19H19N3O/c23-19(13-22-9-7-20-8-10-22)15-11-17-16-4-2-1-3-14(16)5-6-18(17)21-12-15/h1-6,11-12,20H,7-10,13H2. The number of hydrogen-bond donors (Lipinski definition) is 1. The van der Waals surface area contributed by atoms with E-state index in [4.69, 9.17) is 0 Å². The van der Waals surface area contributed by atoms with Crippen LogP contribution in [-0.2, 0) is 0 Å². The first-order valence-corrected chi connectivity index (χ1v) is 8.05. The summed E-state index contributed by atoms with van der Waals surface area (Å²) < 4.78 is 0. The van der Waals surface area contributed by atoms with Crippen molar-refractivity contribution in [2.24, 2.45) is 0 Å². The Morgan fingerprint density at radius 1 is 1.09 bits per heavy atom. The van der Waals surface area contributed by atoms with E-state index in [9.17, 15) is 4.79 Å². The van der Waals surface area contributed by atoms with E-state index in [-0.39, 0.29) is 5.78 Å². The highest BCUT2D eigenvalue weighted by molar-refractivity contribution is 6.09. The van der Waals surface area contributed by atoms with Gasteiger partial charge in [0.25, 0.3) is 0 Å². The lowest BCUT2D eigenvalue weighted by Gasteiger charge is -2.26. The second-order valence-electron chi connectivity index (χ2n) is 6.03. The summed E-state index contributed by atoms with van der Waals surface area (Å²) in [6, 6.07) is 14.3. The molecule has 0 radical (unpaired) electrons. The van der Waals surface area contributed by atoms with Crippen molar-refractivity contribution in [1.29, 1.82) is 0 Å². The van der Waals surface area contributed by atoms with Gasteiger partial charge in [-0.25, -0.2) is 0 Å². The monoisotopic (exact) mass is 305 g/mol. The van der Waals surface area contributed by atoms with Crippen LogP contribution < -0.4 is 5.32 Å². The van der Waals surface area contributed by atoms with E-state index in [0.717, 1.165) is 42.5 Å². The van der Waals surface area contributed by atoms with Gasteiger partial charge < -0.3 is 5.32 Å². The largest absolute Gasteiger partial charge is 0.314 e. The van der Waals surface area contributed by atoms with Crippen LogP contribution in [0.3, 0.4) is 0 Å². The zero-order chi connectivity index (χ0) is 15.6. The second kappa shape index (κ2) is 6.07. The summed E-state index contributed by atoms with van der Waals surface area (Å²) in [5.41, 5.74) is 1.63. The smallest absolute Gasteiger partial charge is 0.178 e. The summed E-state index contributed by atoms with van der Waals surface area (Å²) in [7, 11) is 0. The van der Waals surface area contributed by atoms with Gasteiger partial charge in [0.1, 0.15) is 0 Å². The van der Waals surface area contributed by atoms with Crippen LogP contribution in [0.1, 0.15) is 10.4 Å². The lowest BCUT2D eigenvalue weighted by atomic mass is 10.0. The fraction of sp³-hybridized carbons (Fsp3) is 0.263. The van der Waals surface area contributed by atoms with Gasteiger partial charge in [-0.2, -0.15) is 0 Å². The van der Waals surface area contributed by atoms with E-state index in [1.54, 1.807) is 6.20 Å². The van der Waals surface area contributed by atoms with Crippen molar-refractivity contribution in [2.75, 3.05) is 32.7 Å². The topological polar surface area (TPSA) is 45.2 Å². The molecule has 4 heteroatoms. The lowest BCUT2D eigenvalue weighted by molar-refractivity contribution is 0.0921. The highest BCUT2D eigenvalue weighted by Crippen LogP contribution is 2.24. The Kier molecular flexibility index (Phi) is 3.77. The first-order valence-electron chi connectivity index (χ1n) is 8.05. The number of fused-ring (bicyclic) bond motifs is 3. The maximum Gasteiger partial charge on any atom is 0.178 e. The van der Waals surface area contributed by atoms with Crippen LogP contribution in [0.5, 0.6) is 0 Å². The number of pyridine rings is 1. The minimum absolute atomic E-state index is 0.147. The number of aromatic nitrogens is 1. The Labute approximate surface area is 135 Å². The van der Waals surface area contributed by atoms with Gasteiger partial charge in [-0.15, -0.1) is 0 Å². The third kappa shape index (κ3) is 2.83. The molecule has 23 heavy (non-hydrogen) atoms. The zero-order valence-corrected chi connectivity index (χ0v) is 13.0. The average molecular weight is 305 g/mol. The summed E-state index contributed by atoms with van der Waals surface area (Å²) in [5.74, 6) is 0.147. The molecule has 0 saturated carbocycles. The molecule has 0 unspecified atom stereocenters. The minimum atomic E-state index is 0.147. The molecular weight excluding hydrogens is 286 g/mol. The molecule has 0 bridgehead atoms. The molecule has 2 heterocycles. The molecule has 0 amide bonds. The number of hydrogen-bond acceptors (Lipinski definition) is 4. The van der Waals surface area contributed by atoms with Crippen LogP contribution >= 0.6 is 0 Å². The molecule has 1 aliphatic heterocycles. The van der Waals surface area contributed by atoms with Gasteiger partial charge in [0.15, 0.2) is 5.78 Å². The van der Waals surface area contributed by atoms with E-state index in [2.05, 4.69) is 33.4 Å². The van der Waals surface area contributed by atoms with Gasteiger partial charge >= 0.3 is 0 Å². The number of nitrogens with one attached hydrogen (secondary N) is 1. The molecule has 0 spiro atoms. The number of ketones is 1. The zero-order valence-electron chi connectivity index (χ0n) is 13.0. The van der Waals surface area contributed by atoms with E-state index in [1.807, 2.05) is 24.3 Å². The highest BCUT2D eigenvalue weighted by Gasteiger charge is 2.15. The molecule has 1 N–H and O–H groups in total. The van der Waals surface area contributed by atoms with Crippen molar-refractivity contribution < 1.29 is 4.79 Å². The Hall–Kier alpha value is -2.30. The molecule has 4 nitrogen and oxygen atoms in total. The lowest BCUT2D eigenvalue weighted by Crippen LogP contribution is -2.45. The van der Waals surface area contributed by atoms with Gasteiger partial charge in [-0.3, -0.25) is 14.7 Å². The van der Waals surface area contributed by atoms with E-state index >= 15 is 0 Å². The van der Waals surface area contributed by atoms with Crippen LogP contribution in [-0.4, -0.2) is 48.4 Å². The van der Waals surface area contributed by atoms with Crippen LogP contribution in [0, 0.1) is 0 Å². The number of nitrogens with zero attached hydrogens (tertiary/aromatic N) is 2. The molecular formula is C19H19N3O. The van der Waals surface area contributed by atoms with Gasteiger partial charge in [-0.05, 0) is 22.9 Å². The second-order valence-corrected chi connectivity index (χ2v) is 6.03. The van der Waals surface area contributed by atoms with Crippen LogP contribution in [0.2, 0.25) is 0 Å². The summed E-state index contributed by atoms with van der Waals surface area (Å²) in [4.78, 5) is 19.3. The van der Waals surface area contributed by atoms with Crippen molar-refractivity contribution in [3.63, 3.8) is 0 Å². The molecule has 116 valence electrons. The van der Waals surface area contributed by atoms with Crippen LogP contribution in [0.15, 0.2) is 48.7 Å². The third-order valence-electron chi connectivity index (χ3n) is 4.49. The van der Waals surface area contributed by atoms with E-state index in [1.165, 1.54) is 5.39 Å². The SMILES string of the molecule is O=C(CN1CCNCC1)c1cnc2ccc3ccccc3c2c1. The summed E-state index contributed by atoms with van der Waals surface area (Å²) >= 11 is 0. The molecule has 2 aromatic carbocycles. The molecule has 0 atom stereocenters. The molecule has 1 fully saturated rings. The van der Waals surface area contributed by atoms with E-state index < -0.39 is 0 Å². The van der Waals surface area contributed by atoms with Gasteiger partial charge in [0.05, 0.1) is 12.1 Å². The maximum absolute atomic E-state index is 12.6. The third-order valence-corrected chi connectivity index (χ3v) is 4.49. The Morgan fingerprint density at radius 2 is 1.91 bits per heavy atom. The Morgan fingerprint density at radius 3 is 2.78 bits per heavy atom. The van der Waals surface area contributed by atoms with E-state index in [0.29, 0.717) is 12.1 Å². The summed E-state index contributed by atoms with van der Waals surface area (Å²) in [6.07, 6.45) is 1.71. The fourth-order valence-electron chi connectivity index (χ4n) is 3.20. The number of Topliss-reactive ketones (excluding diaryl/α,β-unsaturated/α-hetero) is 1. The quantitative estimate of drug-likeness (QED) is 0.596. The van der Waals surface area contributed by atoms with Gasteiger partial charge in [0, 0.05) is 43.3 Å². The molecule has 3 aromatic rings. The molecule has 1 saturated heterocycles. The first-order chi connectivity index (χ1) is 11.3. The van der Waals surface area contributed by atoms with Gasteiger partial charge in [-0.1, -0.05) is 30.3 Å². The Bertz CT molecular complexity index is 869. The Balaban J connectivity index is 1.69. The summed E-state index contributed by atoms with van der Waals surface area (Å²) in [5, 5.41) is 6.68. The molecule has 0 aliphatic carbocycles. The predicted molar refractivity (Wildman–Crippen MR) is 92.9 cm³/mol. The normalized spacial score (nSPS) is 16.0. The van der Waals surface area contributed by atoms with Crippen molar-refractivity contribution >= 4 is 27.5 Å². The predicted octanol–water partition coefficient (Wildman–Crippen LogP) is 2.48. The van der Waals surface area contributed by atoms with Crippen molar-refractivity contribution in [3.8, 4) is 0 Å². The molecule has 1 aliphatic rings. The number of rotatable bonds is 3. The number of benzene rings is 2. The molecule has 4 rings (SSSR count). The average Bonchev–Trinajstić information content (AvgIpc) is 2.62. The first kappa shape index (κ1) is 14.3.